The van der Waals surface area contributed by atoms with Crippen LogP contribution in [0, 0.1) is 11.8 Å². The number of nitrogen functional groups attached to an aromatic ring is 1. The lowest BCUT2D eigenvalue weighted by Gasteiger charge is -2.04. The van der Waals surface area contributed by atoms with E-state index in [9.17, 15) is 8.78 Å². The van der Waals surface area contributed by atoms with E-state index < -0.39 is 6.01 Å². The molecule has 0 amide bonds. The Morgan fingerprint density at radius 3 is 2.67 bits per heavy atom. The second-order valence-electron chi connectivity index (χ2n) is 5.04. The molecule has 0 unspecified atom stereocenters. The van der Waals surface area contributed by atoms with Gasteiger partial charge in [-0.1, -0.05) is 23.4 Å². The van der Waals surface area contributed by atoms with Gasteiger partial charge in [0.1, 0.15) is 11.5 Å². The topological polar surface area (TPSA) is 95.6 Å². The first kappa shape index (κ1) is 14.2. The molecule has 0 saturated carbocycles. The highest BCUT2D eigenvalue weighted by Crippen LogP contribution is 2.26. The molecule has 0 aliphatic carbocycles. The molecular formula is C15H10F2N6O. The average molecular weight is 328 g/mol. The normalized spacial score (nSPS) is 11.2. The molecule has 24 heavy (non-hydrogen) atoms. The molecule has 4 aromatic rings. The van der Waals surface area contributed by atoms with E-state index in [1.54, 1.807) is 18.2 Å². The number of fused-ring (bicyclic) bond motifs is 1. The molecule has 0 aliphatic rings. The van der Waals surface area contributed by atoms with Crippen LogP contribution < -0.4 is 5.73 Å². The molecule has 0 radical (unpaired) electrons. The maximum atomic E-state index is 13.8. The molecule has 2 N–H and O–H groups in total. The van der Waals surface area contributed by atoms with E-state index >= 15 is 0 Å². The molecule has 0 atom stereocenters. The van der Waals surface area contributed by atoms with Gasteiger partial charge in [-0.05, 0) is 12.1 Å². The van der Waals surface area contributed by atoms with Crippen molar-refractivity contribution >= 4 is 17.1 Å². The number of halogens is 2. The van der Waals surface area contributed by atoms with E-state index in [0.717, 1.165) is 6.07 Å². The van der Waals surface area contributed by atoms with Crippen molar-refractivity contribution in [3.63, 3.8) is 0 Å². The van der Waals surface area contributed by atoms with Crippen LogP contribution in [0.4, 0.5) is 14.7 Å². The predicted molar refractivity (Wildman–Crippen MR) is 80.7 cm³/mol. The van der Waals surface area contributed by atoms with Crippen LogP contribution in [0.25, 0.3) is 22.6 Å². The molecule has 0 saturated heterocycles. The van der Waals surface area contributed by atoms with Gasteiger partial charge in [0.05, 0.1) is 6.54 Å². The maximum absolute atomic E-state index is 13.8. The highest BCUT2D eigenvalue weighted by atomic mass is 19.1. The summed E-state index contributed by atoms with van der Waals surface area (Å²) in [5.41, 5.74) is 6.96. The number of nitrogens with zero attached hydrogens (tertiary/aromatic N) is 5. The molecule has 1 aromatic carbocycles. The monoisotopic (exact) mass is 328 g/mol. The molecule has 0 bridgehead atoms. The SMILES string of the molecule is Nc1nc(-c2ccc(F)o2)c2nnn(Cc3ccccc3F)c2n1. The molecule has 3 aromatic heterocycles. The second-order valence-corrected chi connectivity index (χ2v) is 5.04. The van der Waals surface area contributed by atoms with Crippen molar-refractivity contribution in [1.29, 1.82) is 0 Å². The van der Waals surface area contributed by atoms with Crippen LogP contribution in [0.1, 0.15) is 5.56 Å². The first-order valence-electron chi connectivity index (χ1n) is 6.97. The number of hydrogen-bond donors (Lipinski definition) is 1. The molecule has 4 rings (SSSR count). The highest BCUT2D eigenvalue weighted by molar-refractivity contribution is 5.85. The molecule has 0 fully saturated rings. The fraction of sp³-hybridized carbons (Fsp3) is 0.0667. The third-order valence-electron chi connectivity index (χ3n) is 3.46. The Labute approximate surface area is 133 Å². The van der Waals surface area contributed by atoms with Crippen molar-refractivity contribution in [2.75, 3.05) is 5.73 Å². The summed E-state index contributed by atoms with van der Waals surface area (Å²) in [5, 5.41) is 7.97. The minimum absolute atomic E-state index is 0.0496. The third-order valence-corrected chi connectivity index (χ3v) is 3.46. The van der Waals surface area contributed by atoms with Gasteiger partial charge in [0.2, 0.25) is 5.95 Å². The predicted octanol–water partition coefficient (Wildman–Crippen LogP) is 2.39. The molecule has 0 spiro atoms. The van der Waals surface area contributed by atoms with Gasteiger partial charge in [-0.3, -0.25) is 0 Å². The van der Waals surface area contributed by atoms with Crippen molar-refractivity contribution in [1.82, 2.24) is 25.0 Å². The maximum Gasteiger partial charge on any atom is 0.278 e. The van der Waals surface area contributed by atoms with Crippen LogP contribution in [0.3, 0.4) is 0 Å². The quantitative estimate of drug-likeness (QED) is 0.620. The van der Waals surface area contributed by atoms with Crippen LogP contribution in [-0.2, 0) is 6.54 Å². The lowest BCUT2D eigenvalue weighted by atomic mass is 10.2. The van der Waals surface area contributed by atoms with Gasteiger partial charge in [-0.2, -0.15) is 9.37 Å². The number of hydrogen-bond acceptors (Lipinski definition) is 6. The number of benzene rings is 1. The zero-order chi connectivity index (χ0) is 16.7. The minimum atomic E-state index is -0.755. The summed E-state index contributed by atoms with van der Waals surface area (Å²) in [6.45, 7) is 0.117. The Morgan fingerprint density at radius 2 is 1.92 bits per heavy atom. The van der Waals surface area contributed by atoms with E-state index in [4.69, 9.17) is 10.2 Å². The van der Waals surface area contributed by atoms with Crippen LogP contribution in [0.5, 0.6) is 0 Å². The summed E-state index contributed by atoms with van der Waals surface area (Å²) in [6, 6.07) is 8.12. The van der Waals surface area contributed by atoms with E-state index in [-0.39, 0.29) is 35.3 Å². The lowest BCUT2D eigenvalue weighted by molar-refractivity contribution is 0.366. The summed E-state index contributed by atoms with van der Waals surface area (Å²) in [5.74, 6) is -0.257. The van der Waals surface area contributed by atoms with Crippen molar-refractivity contribution in [3.8, 4) is 11.5 Å². The van der Waals surface area contributed by atoms with E-state index in [1.165, 1.54) is 16.8 Å². The minimum Gasteiger partial charge on any atom is -0.429 e. The first-order valence-corrected chi connectivity index (χ1v) is 6.97. The Balaban J connectivity index is 1.85. The van der Waals surface area contributed by atoms with Crippen LogP contribution >= 0.6 is 0 Å². The summed E-state index contributed by atoms with van der Waals surface area (Å²) in [4.78, 5) is 8.14. The van der Waals surface area contributed by atoms with Gasteiger partial charge >= 0.3 is 0 Å². The zero-order valence-corrected chi connectivity index (χ0v) is 12.1. The smallest absolute Gasteiger partial charge is 0.278 e. The number of rotatable bonds is 3. The summed E-state index contributed by atoms with van der Waals surface area (Å²) in [6.07, 6.45) is 0. The Bertz CT molecular complexity index is 1040. The number of furan rings is 1. The summed E-state index contributed by atoms with van der Waals surface area (Å²) in [7, 11) is 0. The largest absolute Gasteiger partial charge is 0.429 e. The molecule has 0 aliphatic heterocycles. The fourth-order valence-corrected chi connectivity index (χ4v) is 2.38. The van der Waals surface area contributed by atoms with Gasteiger partial charge in [0.15, 0.2) is 16.9 Å². The second kappa shape index (κ2) is 5.37. The summed E-state index contributed by atoms with van der Waals surface area (Å²) < 4.78 is 33.3. The third kappa shape index (κ3) is 2.35. The lowest BCUT2D eigenvalue weighted by Crippen LogP contribution is -2.06. The zero-order valence-electron chi connectivity index (χ0n) is 12.1. The van der Waals surface area contributed by atoms with Crippen LogP contribution in [0.2, 0.25) is 0 Å². The first-order chi connectivity index (χ1) is 11.6. The van der Waals surface area contributed by atoms with Crippen molar-refractivity contribution in [3.05, 3.63) is 53.8 Å². The number of anilines is 1. The van der Waals surface area contributed by atoms with Crippen molar-refractivity contribution in [2.45, 2.75) is 6.54 Å². The number of aromatic nitrogens is 5. The van der Waals surface area contributed by atoms with Crippen molar-refractivity contribution in [2.24, 2.45) is 0 Å². The van der Waals surface area contributed by atoms with E-state index in [0.29, 0.717) is 11.2 Å². The fourth-order valence-electron chi connectivity index (χ4n) is 2.38. The Hall–Kier alpha value is -3.36. The van der Waals surface area contributed by atoms with Crippen LogP contribution in [0.15, 0.2) is 40.8 Å². The standard InChI is InChI=1S/C15H10F2N6O/c16-9-4-2-1-3-8(9)7-23-14-13(21-22-23)12(19-15(18)20-14)10-5-6-11(17)24-10/h1-6H,7H2,(H2,18,19,20). The molecule has 9 heteroatoms. The molecule has 7 nitrogen and oxygen atoms in total. The highest BCUT2D eigenvalue weighted by Gasteiger charge is 2.18. The van der Waals surface area contributed by atoms with Crippen molar-refractivity contribution < 1.29 is 13.2 Å². The summed E-state index contributed by atoms with van der Waals surface area (Å²) >= 11 is 0. The Morgan fingerprint density at radius 1 is 1.08 bits per heavy atom. The van der Waals surface area contributed by atoms with E-state index in [1.807, 2.05) is 0 Å². The molecular weight excluding hydrogens is 318 g/mol. The van der Waals surface area contributed by atoms with Gasteiger partial charge in [-0.25, -0.2) is 14.1 Å². The van der Waals surface area contributed by atoms with E-state index in [2.05, 4.69) is 20.3 Å². The number of nitrogens with two attached hydrogens (primary N) is 1. The van der Waals surface area contributed by atoms with Gasteiger partial charge in [0.25, 0.3) is 6.01 Å². The van der Waals surface area contributed by atoms with Gasteiger partial charge in [-0.15, -0.1) is 5.10 Å². The molecule has 3 heterocycles. The van der Waals surface area contributed by atoms with Gasteiger partial charge in [0, 0.05) is 11.6 Å². The molecule has 120 valence electrons. The Kier molecular flexibility index (Phi) is 3.19. The van der Waals surface area contributed by atoms with Crippen LogP contribution in [-0.4, -0.2) is 25.0 Å². The average Bonchev–Trinajstić information content (AvgIpc) is 3.16. The van der Waals surface area contributed by atoms with Gasteiger partial charge < -0.3 is 10.2 Å².